The van der Waals surface area contributed by atoms with Crippen molar-refractivity contribution in [2.75, 3.05) is 13.2 Å². The molecule has 2 heterocycles. The Morgan fingerprint density at radius 1 is 1.08 bits per heavy atom. The Labute approximate surface area is 230 Å². The van der Waals surface area contributed by atoms with E-state index in [9.17, 15) is 4.79 Å². The van der Waals surface area contributed by atoms with Gasteiger partial charge in [-0.25, -0.2) is 0 Å². The Balaban J connectivity index is 1.52. The van der Waals surface area contributed by atoms with Crippen molar-refractivity contribution in [2.45, 2.75) is 91.4 Å². The first-order valence-electron chi connectivity index (χ1n) is 15.0. The number of dihydropyridines is 1. The quantitative estimate of drug-likeness (QED) is 0.349. The van der Waals surface area contributed by atoms with E-state index in [0.717, 1.165) is 68.5 Å². The zero-order valence-electron chi connectivity index (χ0n) is 23.8. The van der Waals surface area contributed by atoms with Crippen LogP contribution in [0.1, 0.15) is 97.0 Å². The fraction of sp³-hybridized carbons (Fsp3) is 0.559. The number of ether oxygens (including phenoxy) is 1. The summed E-state index contributed by atoms with van der Waals surface area (Å²) in [5, 5.41) is 0. The molecule has 1 aliphatic carbocycles. The van der Waals surface area contributed by atoms with Crippen LogP contribution in [0, 0.1) is 17.8 Å². The molecule has 38 heavy (non-hydrogen) atoms. The van der Waals surface area contributed by atoms with Gasteiger partial charge in [0.15, 0.2) is 5.78 Å². The molecular formula is C34H46N2O2. The van der Waals surface area contributed by atoms with E-state index >= 15 is 0 Å². The second kappa shape index (κ2) is 14.4. The molecule has 3 aliphatic rings. The third-order valence-electron chi connectivity index (χ3n) is 8.41. The third kappa shape index (κ3) is 7.88. The van der Waals surface area contributed by atoms with Crippen LogP contribution in [0.3, 0.4) is 0 Å². The van der Waals surface area contributed by atoms with Crippen molar-refractivity contribution >= 4 is 17.7 Å². The van der Waals surface area contributed by atoms with Gasteiger partial charge in [0.25, 0.3) is 0 Å². The van der Waals surface area contributed by atoms with E-state index in [-0.39, 0.29) is 18.3 Å². The number of hydrogen-bond acceptors (Lipinski definition) is 4. The second-order valence-corrected chi connectivity index (χ2v) is 11.4. The van der Waals surface area contributed by atoms with Gasteiger partial charge in [0.1, 0.15) is 12.4 Å². The first-order valence-corrected chi connectivity index (χ1v) is 15.0. The second-order valence-electron chi connectivity index (χ2n) is 11.4. The Kier molecular flexibility index (Phi) is 10.7. The highest BCUT2D eigenvalue weighted by molar-refractivity contribution is 6.01. The first kappa shape index (κ1) is 28.3. The monoisotopic (exact) mass is 514 g/mol. The van der Waals surface area contributed by atoms with E-state index in [1.54, 1.807) is 5.57 Å². The van der Waals surface area contributed by atoms with Crippen molar-refractivity contribution in [1.29, 1.82) is 0 Å². The largest absolute Gasteiger partial charge is 0.486 e. The van der Waals surface area contributed by atoms with E-state index in [2.05, 4.69) is 56.1 Å². The van der Waals surface area contributed by atoms with Crippen LogP contribution >= 0.6 is 0 Å². The van der Waals surface area contributed by atoms with Crippen molar-refractivity contribution in [3.05, 3.63) is 64.9 Å². The maximum absolute atomic E-state index is 12.7. The summed E-state index contributed by atoms with van der Waals surface area (Å²) >= 11 is 0. The topological polar surface area (TPSA) is 51.0 Å². The molecule has 2 unspecified atom stereocenters. The van der Waals surface area contributed by atoms with Crippen molar-refractivity contribution in [2.24, 2.45) is 27.7 Å². The SMILES string of the molecule is CCC(C(=O)COc1cccc(C2=NC(=C3/CCCCC(C4=CC=NCC4)CC3)/C=C\CCC2)c1)C(C)C. The molecule has 1 fully saturated rings. The number of carbonyl (C=O) groups excluding carboxylic acids is 1. The van der Waals surface area contributed by atoms with Crippen molar-refractivity contribution < 1.29 is 9.53 Å². The Morgan fingerprint density at radius 3 is 2.76 bits per heavy atom. The predicted octanol–water partition coefficient (Wildman–Crippen LogP) is 8.47. The van der Waals surface area contributed by atoms with E-state index in [1.807, 2.05) is 18.3 Å². The Hall–Kier alpha value is -2.75. The van der Waals surface area contributed by atoms with E-state index in [4.69, 9.17) is 9.73 Å². The molecule has 204 valence electrons. The molecule has 0 N–H and O–H groups in total. The number of carbonyl (C=O) groups is 1. The van der Waals surface area contributed by atoms with Crippen LogP contribution < -0.4 is 4.74 Å². The van der Waals surface area contributed by atoms with Crippen molar-refractivity contribution in [3.63, 3.8) is 0 Å². The molecule has 0 radical (unpaired) electrons. The summed E-state index contributed by atoms with van der Waals surface area (Å²) in [5.41, 5.74) is 6.51. The summed E-state index contributed by atoms with van der Waals surface area (Å²) < 4.78 is 5.99. The standard InChI is InChI=1S/C34H46N2O2/c1-4-31(25(2)3)34(37)24-38-30-14-10-13-29(23-30)33-16-7-5-6-15-32(36-33)28-12-9-8-11-26(17-18-28)27-19-21-35-22-20-27/h6,10,13-15,19,21,23,25-26,31H,4-5,7-9,11-12,16-18,20,22,24H2,1-3H3/b15-6-,32-28-,36-33?. The van der Waals surface area contributed by atoms with Crippen molar-refractivity contribution in [3.8, 4) is 5.75 Å². The highest BCUT2D eigenvalue weighted by atomic mass is 16.5. The normalized spacial score (nSPS) is 24.4. The molecule has 4 heteroatoms. The van der Waals surface area contributed by atoms with Crippen LogP contribution in [0.5, 0.6) is 5.75 Å². The number of hydrogen-bond donors (Lipinski definition) is 0. The van der Waals surface area contributed by atoms with Gasteiger partial charge in [-0.2, -0.15) is 0 Å². The molecule has 4 rings (SSSR count). The lowest BCUT2D eigenvalue weighted by molar-refractivity contribution is -0.126. The number of aliphatic imine (C=N–C) groups is 2. The summed E-state index contributed by atoms with van der Waals surface area (Å²) in [6, 6.07) is 8.19. The summed E-state index contributed by atoms with van der Waals surface area (Å²) in [4.78, 5) is 22.4. The van der Waals surface area contributed by atoms with Crippen LogP contribution in [0.15, 0.2) is 69.3 Å². The van der Waals surface area contributed by atoms with E-state index in [0.29, 0.717) is 11.8 Å². The number of ketones is 1. The molecule has 2 atom stereocenters. The van der Waals surface area contributed by atoms with E-state index in [1.165, 1.54) is 37.0 Å². The number of nitrogens with zero attached hydrogens (tertiary/aromatic N) is 2. The van der Waals surface area contributed by atoms with Crippen LogP contribution in [-0.2, 0) is 4.79 Å². The molecule has 0 amide bonds. The van der Waals surface area contributed by atoms with Gasteiger partial charge in [-0.1, -0.05) is 51.0 Å². The van der Waals surface area contributed by atoms with Gasteiger partial charge in [0.2, 0.25) is 0 Å². The minimum Gasteiger partial charge on any atom is -0.486 e. The van der Waals surface area contributed by atoms with Gasteiger partial charge in [-0.3, -0.25) is 14.8 Å². The fourth-order valence-electron chi connectivity index (χ4n) is 6.14. The van der Waals surface area contributed by atoms with Crippen molar-refractivity contribution in [1.82, 2.24) is 0 Å². The fourth-order valence-corrected chi connectivity index (χ4v) is 6.14. The lowest BCUT2D eigenvalue weighted by Crippen LogP contribution is -2.25. The van der Waals surface area contributed by atoms with Gasteiger partial charge < -0.3 is 4.74 Å². The Morgan fingerprint density at radius 2 is 1.97 bits per heavy atom. The predicted molar refractivity (Wildman–Crippen MR) is 159 cm³/mol. The van der Waals surface area contributed by atoms with Crippen LogP contribution in [-0.4, -0.2) is 30.9 Å². The molecule has 0 saturated heterocycles. The van der Waals surface area contributed by atoms with Gasteiger partial charge in [0, 0.05) is 24.4 Å². The zero-order valence-corrected chi connectivity index (χ0v) is 23.8. The molecule has 0 spiro atoms. The molecule has 2 aliphatic heterocycles. The molecule has 0 aromatic heterocycles. The summed E-state index contributed by atoms with van der Waals surface area (Å²) in [7, 11) is 0. The highest BCUT2D eigenvalue weighted by Crippen LogP contribution is 2.34. The van der Waals surface area contributed by atoms with Gasteiger partial charge >= 0.3 is 0 Å². The average molecular weight is 515 g/mol. The Bertz CT molecular complexity index is 1110. The average Bonchev–Trinajstić information content (AvgIpc) is 2.89. The number of Topliss-reactive ketones (excluding diaryl/α,β-unsaturated/α-hetero) is 1. The summed E-state index contributed by atoms with van der Waals surface area (Å²) in [6.07, 6.45) is 21.2. The molecule has 1 aromatic carbocycles. The van der Waals surface area contributed by atoms with Gasteiger partial charge in [0.05, 0.1) is 5.70 Å². The van der Waals surface area contributed by atoms with E-state index < -0.39 is 0 Å². The summed E-state index contributed by atoms with van der Waals surface area (Å²) in [5.74, 6) is 2.01. The van der Waals surface area contributed by atoms with Gasteiger partial charge in [-0.05, 0) is 111 Å². The maximum atomic E-state index is 12.7. The minimum absolute atomic E-state index is 0.0556. The maximum Gasteiger partial charge on any atom is 0.173 e. The molecular weight excluding hydrogens is 468 g/mol. The smallest absolute Gasteiger partial charge is 0.173 e. The molecule has 1 saturated carbocycles. The minimum atomic E-state index is 0.0556. The lowest BCUT2D eigenvalue weighted by atomic mass is 9.82. The van der Waals surface area contributed by atoms with Gasteiger partial charge in [-0.15, -0.1) is 0 Å². The zero-order chi connectivity index (χ0) is 26.7. The number of allylic oxidation sites excluding steroid dienone is 4. The van der Waals surface area contributed by atoms with Crippen LogP contribution in [0.2, 0.25) is 0 Å². The molecule has 1 aromatic rings. The summed E-state index contributed by atoms with van der Waals surface area (Å²) in [6.45, 7) is 7.37. The number of benzene rings is 1. The van der Waals surface area contributed by atoms with Crippen LogP contribution in [0.25, 0.3) is 0 Å². The molecule has 4 nitrogen and oxygen atoms in total. The number of rotatable bonds is 8. The lowest BCUT2D eigenvalue weighted by Gasteiger charge is -2.25. The first-order chi connectivity index (χ1) is 18.5. The van der Waals surface area contributed by atoms with Crippen LogP contribution in [0.4, 0.5) is 0 Å². The third-order valence-corrected chi connectivity index (χ3v) is 8.41. The highest BCUT2D eigenvalue weighted by Gasteiger charge is 2.21. The molecule has 0 bridgehead atoms.